The van der Waals surface area contributed by atoms with E-state index < -0.39 is 13.2 Å². The van der Waals surface area contributed by atoms with E-state index in [0.29, 0.717) is 36.5 Å². The second-order valence-electron chi connectivity index (χ2n) is 7.09. The van der Waals surface area contributed by atoms with Gasteiger partial charge < -0.3 is 35.3 Å². The molecule has 0 aliphatic carbocycles. The van der Waals surface area contributed by atoms with E-state index in [0.717, 1.165) is 12.0 Å². The number of carbonyl (C=O) groups is 1. The lowest BCUT2D eigenvalue weighted by atomic mass is 9.79. The molecule has 0 saturated carbocycles. The van der Waals surface area contributed by atoms with E-state index in [2.05, 4.69) is 0 Å². The molecule has 1 amide bonds. The molecule has 1 atom stereocenters. The maximum atomic E-state index is 12.5. The van der Waals surface area contributed by atoms with Crippen molar-refractivity contribution in [2.24, 2.45) is 5.73 Å². The van der Waals surface area contributed by atoms with Crippen LogP contribution in [0, 0.1) is 0 Å². The maximum Gasteiger partial charge on any atom is 0.522 e. The van der Waals surface area contributed by atoms with Gasteiger partial charge in [0.05, 0.1) is 13.1 Å². The first-order valence-electron chi connectivity index (χ1n) is 9.11. The topological polar surface area (TPSA) is 125 Å². The Balaban J connectivity index is 1.33. The van der Waals surface area contributed by atoms with Gasteiger partial charge in [-0.25, -0.2) is 0 Å². The van der Waals surface area contributed by atoms with Crippen LogP contribution < -0.4 is 15.1 Å². The highest BCUT2D eigenvalue weighted by atomic mass is 16.5. The number of fused-ring (bicyclic) bond motifs is 1. The standard InChI is InChI=1S/C19H21BN2O6/c21-18(12-2-4-15(23)16(24)7-12)19(25)22-9-14(10-22)27-13-3-1-11-5-6-20(26)28-17(11)8-13/h1-4,7-8,14,18,23-24,26H,5-6,9-10,21H2. The number of carbonyl (C=O) groups excluding carboxylic acids is 1. The van der Waals surface area contributed by atoms with Crippen molar-refractivity contribution in [3.8, 4) is 23.0 Å². The van der Waals surface area contributed by atoms with E-state index in [-0.39, 0.29) is 23.5 Å². The molecule has 2 aliphatic heterocycles. The lowest BCUT2D eigenvalue weighted by Crippen LogP contribution is -2.58. The fraction of sp³-hybridized carbons (Fsp3) is 0.316. The average Bonchev–Trinajstić information content (AvgIpc) is 2.65. The highest BCUT2D eigenvalue weighted by molar-refractivity contribution is 6.44. The second kappa shape index (κ2) is 7.25. The van der Waals surface area contributed by atoms with Gasteiger partial charge in [0.1, 0.15) is 23.6 Å². The number of rotatable bonds is 4. The molecule has 2 heterocycles. The number of hydrogen-bond acceptors (Lipinski definition) is 7. The Bertz CT molecular complexity index is 902. The third-order valence-electron chi connectivity index (χ3n) is 5.05. The maximum absolute atomic E-state index is 12.5. The monoisotopic (exact) mass is 384 g/mol. The Morgan fingerprint density at radius 3 is 2.75 bits per heavy atom. The summed E-state index contributed by atoms with van der Waals surface area (Å²) in [5.74, 6) is 0.393. The minimum atomic E-state index is -0.925. The van der Waals surface area contributed by atoms with Crippen LogP contribution in [0.15, 0.2) is 36.4 Å². The van der Waals surface area contributed by atoms with Crippen LogP contribution in [0.2, 0.25) is 6.32 Å². The van der Waals surface area contributed by atoms with Gasteiger partial charge >= 0.3 is 7.12 Å². The number of nitrogens with two attached hydrogens (primary N) is 1. The van der Waals surface area contributed by atoms with E-state index in [1.807, 2.05) is 12.1 Å². The van der Waals surface area contributed by atoms with E-state index in [4.69, 9.17) is 15.1 Å². The fourth-order valence-corrected chi connectivity index (χ4v) is 3.37. The fourth-order valence-electron chi connectivity index (χ4n) is 3.37. The molecule has 5 N–H and O–H groups in total. The van der Waals surface area contributed by atoms with Crippen molar-refractivity contribution in [2.45, 2.75) is 24.9 Å². The molecule has 2 aromatic rings. The van der Waals surface area contributed by atoms with Gasteiger partial charge in [0.15, 0.2) is 11.5 Å². The normalized spacial score (nSPS) is 17.4. The van der Waals surface area contributed by atoms with Crippen molar-refractivity contribution < 1.29 is 29.4 Å². The Morgan fingerprint density at radius 2 is 2.00 bits per heavy atom. The first-order chi connectivity index (χ1) is 13.4. The zero-order valence-electron chi connectivity index (χ0n) is 15.1. The molecule has 146 valence electrons. The molecular weight excluding hydrogens is 363 g/mol. The number of aromatic hydroxyl groups is 2. The third-order valence-corrected chi connectivity index (χ3v) is 5.05. The van der Waals surface area contributed by atoms with Gasteiger partial charge in [0, 0.05) is 6.07 Å². The quantitative estimate of drug-likeness (QED) is 0.454. The number of aryl methyl sites for hydroxylation is 1. The number of likely N-dealkylation sites (tertiary alicyclic amines) is 1. The summed E-state index contributed by atoms with van der Waals surface area (Å²) in [6, 6.07) is 8.70. The van der Waals surface area contributed by atoms with Crippen LogP contribution in [0.5, 0.6) is 23.0 Å². The van der Waals surface area contributed by atoms with Crippen molar-refractivity contribution in [2.75, 3.05) is 13.1 Å². The Morgan fingerprint density at radius 1 is 1.21 bits per heavy atom. The second-order valence-corrected chi connectivity index (χ2v) is 7.09. The van der Waals surface area contributed by atoms with Gasteiger partial charge in [-0.1, -0.05) is 12.1 Å². The van der Waals surface area contributed by atoms with Gasteiger partial charge in [-0.3, -0.25) is 4.79 Å². The lowest BCUT2D eigenvalue weighted by molar-refractivity contribution is -0.141. The molecule has 2 aliphatic rings. The van der Waals surface area contributed by atoms with Gasteiger partial charge in [-0.15, -0.1) is 0 Å². The van der Waals surface area contributed by atoms with Crippen molar-refractivity contribution in [3.05, 3.63) is 47.5 Å². The van der Waals surface area contributed by atoms with Crippen LogP contribution >= 0.6 is 0 Å². The molecule has 2 aromatic carbocycles. The van der Waals surface area contributed by atoms with Gasteiger partial charge in [-0.05, 0) is 42.1 Å². The summed E-state index contributed by atoms with van der Waals surface area (Å²) in [5, 5.41) is 28.6. The SMILES string of the molecule is NC(C(=O)N1CC(Oc2ccc3c(c2)OB(O)CC3)C1)c1ccc(O)c(O)c1. The van der Waals surface area contributed by atoms with Crippen LogP contribution in [0.4, 0.5) is 0 Å². The molecule has 28 heavy (non-hydrogen) atoms. The van der Waals surface area contributed by atoms with Crippen LogP contribution in [0.3, 0.4) is 0 Å². The van der Waals surface area contributed by atoms with Gasteiger partial charge in [0.2, 0.25) is 5.91 Å². The summed E-state index contributed by atoms with van der Waals surface area (Å²) in [4.78, 5) is 14.1. The predicted molar refractivity (Wildman–Crippen MR) is 101 cm³/mol. The zero-order valence-corrected chi connectivity index (χ0v) is 15.1. The molecule has 4 rings (SSSR count). The molecular formula is C19H21BN2O6. The minimum absolute atomic E-state index is 0.157. The molecule has 1 saturated heterocycles. The number of phenols is 2. The molecule has 0 radical (unpaired) electrons. The Hall–Kier alpha value is -2.91. The number of nitrogens with zero attached hydrogens (tertiary/aromatic N) is 1. The summed E-state index contributed by atoms with van der Waals surface area (Å²) in [6.45, 7) is 0.800. The van der Waals surface area contributed by atoms with Crippen LogP contribution in [-0.4, -0.2) is 52.4 Å². The number of ether oxygens (including phenoxy) is 1. The molecule has 0 aromatic heterocycles. The van der Waals surface area contributed by atoms with Crippen LogP contribution in [0.1, 0.15) is 17.2 Å². The summed E-state index contributed by atoms with van der Waals surface area (Å²) in [5.41, 5.74) is 7.45. The Labute approximate surface area is 162 Å². The van der Waals surface area contributed by atoms with Crippen molar-refractivity contribution in [1.82, 2.24) is 4.90 Å². The molecule has 8 nitrogen and oxygen atoms in total. The number of benzene rings is 2. The predicted octanol–water partition coefficient (Wildman–Crippen LogP) is 0.803. The largest absolute Gasteiger partial charge is 0.536 e. The first kappa shape index (κ1) is 18.5. The van der Waals surface area contributed by atoms with E-state index in [1.54, 1.807) is 11.0 Å². The minimum Gasteiger partial charge on any atom is -0.536 e. The molecule has 0 bridgehead atoms. The lowest BCUT2D eigenvalue weighted by Gasteiger charge is -2.40. The summed E-state index contributed by atoms with van der Waals surface area (Å²) in [7, 11) is -0.791. The number of hydrogen-bond donors (Lipinski definition) is 4. The van der Waals surface area contributed by atoms with Crippen molar-refractivity contribution in [1.29, 1.82) is 0 Å². The van der Waals surface area contributed by atoms with Crippen LogP contribution in [0.25, 0.3) is 0 Å². The zero-order chi connectivity index (χ0) is 19.8. The molecule has 1 unspecified atom stereocenters. The van der Waals surface area contributed by atoms with Crippen LogP contribution in [-0.2, 0) is 11.2 Å². The summed E-state index contributed by atoms with van der Waals surface area (Å²) < 4.78 is 11.3. The van der Waals surface area contributed by atoms with Gasteiger partial charge in [0.25, 0.3) is 0 Å². The summed E-state index contributed by atoms with van der Waals surface area (Å²) in [6.07, 6.45) is 1.18. The summed E-state index contributed by atoms with van der Waals surface area (Å²) >= 11 is 0. The molecule has 9 heteroatoms. The smallest absolute Gasteiger partial charge is 0.522 e. The van der Waals surface area contributed by atoms with E-state index >= 15 is 0 Å². The van der Waals surface area contributed by atoms with Crippen molar-refractivity contribution in [3.63, 3.8) is 0 Å². The van der Waals surface area contributed by atoms with E-state index in [1.165, 1.54) is 18.2 Å². The average molecular weight is 384 g/mol. The van der Waals surface area contributed by atoms with E-state index in [9.17, 15) is 20.0 Å². The first-order valence-corrected chi connectivity index (χ1v) is 9.11. The molecule has 0 spiro atoms. The highest BCUT2D eigenvalue weighted by Crippen LogP contribution is 2.32. The van der Waals surface area contributed by atoms with Crippen molar-refractivity contribution >= 4 is 13.0 Å². The number of phenolic OH excluding ortho intramolecular Hbond substituents is 2. The molecule has 1 fully saturated rings. The highest BCUT2D eigenvalue weighted by Gasteiger charge is 2.35. The number of amides is 1. The van der Waals surface area contributed by atoms with Gasteiger partial charge in [-0.2, -0.15) is 0 Å². The third kappa shape index (κ3) is 3.58. The Kier molecular flexibility index (Phi) is 4.78.